The number of benzene rings is 3. The summed E-state index contributed by atoms with van der Waals surface area (Å²) in [5.74, 6) is -1.54. The predicted molar refractivity (Wildman–Crippen MR) is 153 cm³/mol. The van der Waals surface area contributed by atoms with Crippen molar-refractivity contribution in [3.63, 3.8) is 0 Å². The SMILES string of the molecule is CC(N)COc1ccc2c(c1)c(=O)n(-c1ccc(CC(NC(=O)c3c(Cl)cccc3Cl)C(=O)O)cc1)c(=O)n2C. The minimum atomic E-state index is -1.29. The average Bonchev–Trinajstić information content (AvgIpc) is 2.91. The molecule has 4 N–H and O–H groups in total. The number of hydrogen-bond acceptors (Lipinski definition) is 6. The Kier molecular flexibility index (Phi) is 8.63. The molecule has 1 amide bonds. The van der Waals surface area contributed by atoms with Crippen molar-refractivity contribution in [2.45, 2.75) is 25.4 Å². The molecule has 2 atom stereocenters. The van der Waals surface area contributed by atoms with E-state index >= 15 is 0 Å². The number of aryl methyl sites for hydroxylation is 1. The molecule has 2 unspecified atom stereocenters. The number of carboxylic acids is 1. The Morgan fingerprint density at radius 3 is 2.30 bits per heavy atom. The summed E-state index contributed by atoms with van der Waals surface area (Å²) in [7, 11) is 1.56. The zero-order valence-electron chi connectivity index (χ0n) is 21.6. The Morgan fingerprint density at radius 1 is 1.05 bits per heavy atom. The van der Waals surface area contributed by atoms with E-state index in [1.807, 2.05) is 0 Å². The van der Waals surface area contributed by atoms with E-state index < -0.39 is 29.2 Å². The lowest BCUT2D eigenvalue weighted by molar-refractivity contribution is -0.139. The van der Waals surface area contributed by atoms with E-state index in [1.165, 1.54) is 28.8 Å². The number of nitrogens with zero attached hydrogens (tertiary/aromatic N) is 2. The van der Waals surface area contributed by atoms with E-state index in [9.17, 15) is 24.3 Å². The number of rotatable bonds is 9. The topological polar surface area (TPSA) is 146 Å². The van der Waals surface area contributed by atoms with E-state index in [1.54, 1.807) is 50.4 Å². The zero-order chi connectivity index (χ0) is 29.1. The van der Waals surface area contributed by atoms with Gasteiger partial charge >= 0.3 is 11.7 Å². The first-order chi connectivity index (χ1) is 19.0. The van der Waals surface area contributed by atoms with Gasteiger partial charge < -0.3 is 20.9 Å². The third kappa shape index (κ3) is 6.04. The van der Waals surface area contributed by atoms with Crippen molar-refractivity contribution in [3.8, 4) is 11.4 Å². The maximum Gasteiger partial charge on any atom is 0.335 e. The number of nitrogens with one attached hydrogen (secondary N) is 1. The van der Waals surface area contributed by atoms with Gasteiger partial charge in [0.2, 0.25) is 0 Å². The highest BCUT2D eigenvalue weighted by atomic mass is 35.5. The first-order valence-corrected chi connectivity index (χ1v) is 12.9. The molecule has 1 heterocycles. The van der Waals surface area contributed by atoms with E-state index in [0.29, 0.717) is 16.8 Å². The summed E-state index contributed by atoms with van der Waals surface area (Å²) in [4.78, 5) is 51.1. The summed E-state index contributed by atoms with van der Waals surface area (Å²) < 4.78 is 8.02. The number of aliphatic carboxylic acids is 1. The highest BCUT2D eigenvalue weighted by Crippen LogP contribution is 2.24. The largest absolute Gasteiger partial charge is 0.492 e. The van der Waals surface area contributed by atoms with Crippen LogP contribution in [0.3, 0.4) is 0 Å². The lowest BCUT2D eigenvalue weighted by Gasteiger charge is -2.16. The summed E-state index contributed by atoms with van der Waals surface area (Å²) >= 11 is 12.1. The molecule has 0 radical (unpaired) electrons. The second-order valence-corrected chi connectivity index (χ2v) is 10.1. The number of halogens is 2. The number of aromatic nitrogens is 2. The minimum absolute atomic E-state index is 0.0231. The number of carbonyl (C=O) groups excluding carboxylic acids is 1. The van der Waals surface area contributed by atoms with Crippen LogP contribution in [-0.4, -0.2) is 44.8 Å². The Hall–Kier alpha value is -4.12. The minimum Gasteiger partial charge on any atom is -0.492 e. The summed E-state index contributed by atoms with van der Waals surface area (Å²) in [6, 6.07) is 14.1. The molecule has 0 bridgehead atoms. The van der Waals surface area contributed by atoms with Gasteiger partial charge in [0, 0.05) is 19.5 Å². The molecule has 4 aromatic rings. The van der Waals surface area contributed by atoms with Gasteiger partial charge in [-0.3, -0.25) is 14.2 Å². The first-order valence-electron chi connectivity index (χ1n) is 12.2. The number of ether oxygens (including phenoxy) is 1. The second-order valence-electron chi connectivity index (χ2n) is 9.28. The second kappa shape index (κ2) is 12.0. The molecule has 1 aromatic heterocycles. The van der Waals surface area contributed by atoms with Crippen LogP contribution in [0.5, 0.6) is 5.75 Å². The van der Waals surface area contributed by atoms with Crippen LogP contribution < -0.4 is 27.0 Å². The van der Waals surface area contributed by atoms with Crippen molar-refractivity contribution < 1.29 is 19.4 Å². The van der Waals surface area contributed by atoms with Crippen LogP contribution in [0.1, 0.15) is 22.8 Å². The van der Waals surface area contributed by atoms with Gasteiger partial charge in [0.05, 0.1) is 32.2 Å². The molecule has 0 saturated carbocycles. The Bertz CT molecular complexity index is 1690. The molecule has 0 aliphatic heterocycles. The van der Waals surface area contributed by atoms with E-state index in [0.717, 1.165) is 4.57 Å². The maximum atomic E-state index is 13.4. The molecular weight excluding hydrogens is 559 g/mol. The maximum absolute atomic E-state index is 13.4. The molecule has 10 nitrogen and oxygen atoms in total. The predicted octanol–water partition coefficient (Wildman–Crippen LogP) is 3.15. The molecule has 12 heteroatoms. The molecule has 4 rings (SSSR count). The fraction of sp³-hybridized carbons (Fsp3) is 0.214. The molecule has 3 aromatic carbocycles. The lowest BCUT2D eigenvalue weighted by atomic mass is 10.0. The smallest absolute Gasteiger partial charge is 0.335 e. The van der Waals surface area contributed by atoms with E-state index in [-0.39, 0.29) is 45.8 Å². The van der Waals surface area contributed by atoms with Crippen molar-refractivity contribution in [3.05, 3.63) is 103 Å². The Morgan fingerprint density at radius 2 is 1.70 bits per heavy atom. The monoisotopic (exact) mass is 584 g/mol. The molecule has 208 valence electrons. The number of carboxylic acid groups (broad SMARTS) is 1. The Balaban J connectivity index is 1.62. The van der Waals surface area contributed by atoms with Gasteiger partial charge in [-0.15, -0.1) is 0 Å². The quantitative estimate of drug-likeness (QED) is 0.274. The summed E-state index contributed by atoms with van der Waals surface area (Å²) in [6.45, 7) is 2.05. The number of hydrogen-bond donors (Lipinski definition) is 3. The Labute approximate surface area is 238 Å². The number of amides is 1. The highest BCUT2D eigenvalue weighted by Gasteiger charge is 2.24. The third-order valence-corrected chi connectivity index (χ3v) is 6.81. The van der Waals surface area contributed by atoms with Crippen LogP contribution >= 0.6 is 23.2 Å². The van der Waals surface area contributed by atoms with Crippen molar-refractivity contribution in [2.75, 3.05) is 6.61 Å². The van der Waals surface area contributed by atoms with Gasteiger partial charge in [-0.2, -0.15) is 0 Å². The highest BCUT2D eigenvalue weighted by molar-refractivity contribution is 6.39. The molecule has 0 aliphatic carbocycles. The van der Waals surface area contributed by atoms with Gasteiger partial charge in [0.1, 0.15) is 18.4 Å². The van der Waals surface area contributed by atoms with Gasteiger partial charge in [-0.25, -0.2) is 14.2 Å². The van der Waals surface area contributed by atoms with Gasteiger partial charge in [0.25, 0.3) is 11.5 Å². The summed E-state index contributed by atoms with van der Waals surface area (Å²) in [5.41, 5.74) is 5.90. The molecule has 0 spiro atoms. The van der Waals surface area contributed by atoms with Crippen LogP contribution in [0.25, 0.3) is 16.6 Å². The third-order valence-electron chi connectivity index (χ3n) is 6.18. The zero-order valence-corrected chi connectivity index (χ0v) is 23.1. The standard InChI is InChI=1S/C28H26Cl2N4O6/c1-15(31)14-40-18-10-11-23-19(13-18)26(36)34(28(39)33(23)2)17-8-6-16(7-9-17)12-22(27(37)38)32-25(35)24-20(29)4-3-5-21(24)30/h3-11,13,15,22H,12,14,31H2,1-2H3,(H,32,35)(H,37,38). The van der Waals surface area contributed by atoms with Crippen LogP contribution in [0.15, 0.2) is 70.3 Å². The first kappa shape index (κ1) is 28.9. The summed E-state index contributed by atoms with van der Waals surface area (Å²) in [6.07, 6.45) is -0.0751. The van der Waals surface area contributed by atoms with Gasteiger partial charge in [-0.05, 0) is 55.0 Å². The fourth-order valence-electron chi connectivity index (χ4n) is 4.15. The van der Waals surface area contributed by atoms with Crippen LogP contribution in [0.4, 0.5) is 0 Å². The normalized spacial score (nSPS) is 12.6. The molecule has 0 fully saturated rings. The summed E-state index contributed by atoms with van der Waals surface area (Å²) in [5, 5.41) is 12.6. The fourth-order valence-corrected chi connectivity index (χ4v) is 4.72. The number of fused-ring (bicyclic) bond motifs is 1. The van der Waals surface area contributed by atoms with E-state index in [4.69, 9.17) is 33.7 Å². The number of carbonyl (C=O) groups is 2. The molecule has 0 saturated heterocycles. The van der Waals surface area contributed by atoms with Crippen molar-refractivity contribution >= 4 is 46.0 Å². The molecule has 40 heavy (non-hydrogen) atoms. The van der Waals surface area contributed by atoms with Crippen LogP contribution in [0.2, 0.25) is 10.0 Å². The lowest BCUT2D eigenvalue weighted by Crippen LogP contribution is -2.42. The van der Waals surface area contributed by atoms with Gasteiger partial charge in [0.15, 0.2) is 0 Å². The van der Waals surface area contributed by atoms with Crippen LogP contribution in [0, 0.1) is 0 Å². The number of nitrogens with two attached hydrogens (primary N) is 1. The average molecular weight is 585 g/mol. The van der Waals surface area contributed by atoms with Gasteiger partial charge in [-0.1, -0.05) is 41.4 Å². The molecule has 0 aliphatic rings. The van der Waals surface area contributed by atoms with Crippen molar-refractivity contribution in [1.82, 2.24) is 14.5 Å². The van der Waals surface area contributed by atoms with E-state index in [2.05, 4.69) is 5.32 Å². The molecular formula is C28H26Cl2N4O6. The van der Waals surface area contributed by atoms with Crippen molar-refractivity contribution in [2.24, 2.45) is 12.8 Å². The van der Waals surface area contributed by atoms with Crippen molar-refractivity contribution in [1.29, 1.82) is 0 Å². The van der Waals surface area contributed by atoms with Crippen LogP contribution in [-0.2, 0) is 18.3 Å².